The minimum atomic E-state index is -3.32. The first-order chi connectivity index (χ1) is 15.9. The number of nitrogens with one attached hydrogen (secondary N) is 3. The molecule has 4 rings (SSSR count). The summed E-state index contributed by atoms with van der Waals surface area (Å²) in [6.45, 7) is 6.72. The van der Waals surface area contributed by atoms with E-state index in [1.165, 1.54) is 0 Å². The van der Waals surface area contributed by atoms with Gasteiger partial charge in [-0.2, -0.15) is 0 Å². The van der Waals surface area contributed by atoms with Gasteiger partial charge in [-0.05, 0) is 32.8 Å². The van der Waals surface area contributed by atoms with Gasteiger partial charge in [0.2, 0.25) is 11.8 Å². The average molecular weight is 479 g/mol. The van der Waals surface area contributed by atoms with Crippen molar-refractivity contribution in [3.8, 4) is 5.75 Å². The summed E-state index contributed by atoms with van der Waals surface area (Å²) in [5.74, 6) is -7.41. The number of hydrogen-bond donors (Lipinski definition) is 4. The van der Waals surface area contributed by atoms with Crippen molar-refractivity contribution in [1.82, 2.24) is 15.5 Å². The van der Waals surface area contributed by atoms with Crippen LogP contribution in [0.25, 0.3) is 0 Å². The number of ether oxygens (including phenoxy) is 1. The molecule has 2 aliphatic heterocycles. The molecule has 1 saturated heterocycles. The molecule has 1 saturated carbocycles. The molecule has 1 aromatic carbocycles. The van der Waals surface area contributed by atoms with E-state index in [2.05, 4.69) is 10.6 Å². The molecule has 3 aliphatic rings. The molecular formula is C24H32F2N4O4. The van der Waals surface area contributed by atoms with Crippen LogP contribution in [0.3, 0.4) is 0 Å². The number of aliphatic hydroxyl groups is 1. The van der Waals surface area contributed by atoms with Crippen LogP contribution in [-0.4, -0.2) is 57.5 Å². The maximum absolute atomic E-state index is 14.7. The molecule has 1 aliphatic carbocycles. The van der Waals surface area contributed by atoms with E-state index in [1.807, 2.05) is 13.8 Å². The van der Waals surface area contributed by atoms with Crippen molar-refractivity contribution in [3.63, 3.8) is 0 Å². The van der Waals surface area contributed by atoms with Gasteiger partial charge in [0.05, 0.1) is 18.4 Å². The minimum Gasteiger partial charge on any atom is -0.485 e. The van der Waals surface area contributed by atoms with E-state index in [0.29, 0.717) is 24.2 Å². The van der Waals surface area contributed by atoms with E-state index < -0.39 is 59.4 Å². The molecule has 0 radical (unpaired) electrons. The summed E-state index contributed by atoms with van der Waals surface area (Å²) in [5.41, 5.74) is -1.08. The first kappa shape index (κ1) is 24.4. The smallest absolute Gasteiger partial charge is 0.265 e. The standard InChI is InChI=1S/C24H32F2N4O4/c1-5-23(6-2)11-16(31)30(21(27)29-23)12-14-17(24(14,25)26)20(33)28-18-13-9-7-8-10-15(13)34-22(3,4)19(18)32/h7-10,14,17-19,32H,5-6,11-12H2,1-4H3,(H2,27,29)(H,28,33)/t14?,17?,18-,19-/m0/s1. The summed E-state index contributed by atoms with van der Waals surface area (Å²) >= 11 is 0. The number of benzene rings is 1. The van der Waals surface area contributed by atoms with E-state index in [9.17, 15) is 23.5 Å². The number of amides is 2. The van der Waals surface area contributed by atoms with E-state index in [1.54, 1.807) is 38.1 Å². The number of guanidine groups is 1. The van der Waals surface area contributed by atoms with Crippen LogP contribution in [0.15, 0.2) is 24.3 Å². The molecule has 2 amide bonds. The Morgan fingerprint density at radius 3 is 2.56 bits per heavy atom. The van der Waals surface area contributed by atoms with E-state index in [-0.39, 0.29) is 12.4 Å². The van der Waals surface area contributed by atoms with Crippen LogP contribution < -0.4 is 15.4 Å². The number of rotatable bonds is 6. The van der Waals surface area contributed by atoms with Crippen molar-refractivity contribution < 1.29 is 28.2 Å². The van der Waals surface area contributed by atoms with Gasteiger partial charge in [-0.1, -0.05) is 32.0 Å². The highest BCUT2D eigenvalue weighted by Gasteiger charge is 2.72. The van der Waals surface area contributed by atoms with Crippen molar-refractivity contribution in [1.29, 1.82) is 5.41 Å². The van der Waals surface area contributed by atoms with E-state index in [0.717, 1.165) is 4.90 Å². The average Bonchev–Trinajstić information content (AvgIpc) is 3.33. The molecule has 4 N–H and O–H groups in total. The van der Waals surface area contributed by atoms with Crippen LogP contribution >= 0.6 is 0 Å². The highest BCUT2D eigenvalue weighted by atomic mass is 19.3. The predicted octanol–water partition coefficient (Wildman–Crippen LogP) is 2.57. The van der Waals surface area contributed by atoms with Gasteiger partial charge in [0.1, 0.15) is 23.4 Å². The van der Waals surface area contributed by atoms with Crippen LogP contribution in [0.2, 0.25) is 0 Å². The van der Waals surface area contributed by atoms with Crippen molar-refractivity contribution in [2.24, 2.45) is 11.8 Å². The lowest BCUT2D eigenvalue weighted by atomic mass is 9.86. The zero-order chi connectivity index (χ0) is 25.1. The highest BCUT2D eigenvalue weighted by molar-refractivity contribution is 5.99. The third-order valence-electron chi connectivity index (χ3n) is 7.61. The third kappa shape index (κ3) is 3.91. The molecule has 10 heteroatoms. The van der Waals surface area contributed by atoms with Gasteiger partial charge in [-0.25, -0.2) is 8.78 Å². The fourth-order valence-corrected chi connectivity index (χ4v) is 5.06. The summed E-state index contributed by atoms with van der Waals surface area (Å²) in [7, 11) is 0. The quantitative estimate of drug-likeness (QED) is 0.502. The molecular weight excluding hydrogens is 446 g/mol. The second-order valence-corrected chi connectivity index (χ2v) is 10.1. The Morgan fingerprint density at radius 2 is 1.94 bits per heavy atom. The molecule has 0 spiro atoms. The number of carbonyl (C=O) groups excluding carboxylic acids is 2. The normalized spacial score (nSPS) is 30.6. The lowest BCUT2D eigenvalue weighted by molar-refractivity contribution is -0.132. The number of para-hydroxylation sites is 1. The summed E-state index contributed by atoms with van der Waals surface area (Å²) in [4.78, 5) is 26.7. The predicted molar refractivity (Wildman–Crippen MR) is 120 cm³/mol. The first-order valence-electron chi connectivity index (χ1n) is 11.7. The number of halogens is 2. The molecule has 4 atom stereocenters. The lowest BCUT2D eigenvalue weighted by Gasteiger charge is -2.42. The Labute approximate surface area is 197 Å². The Bertz CT molecular complexity index is 990. The Balaban J connectivity index is 1.48. The Hall–Kier alpha value is -2.75. The number of hydrogen-bond acceptors (Lipinski definition) is 5. The molecule has 0 aromatic heterocycles. The first-order valence-corrected chi connectivity index (χ1v) is 11.7. The third-order valence-corrected chi connectivity index (χ3v) is 7.61. The lowest BCUT2D eigenvalue weighted by Crippen LogP contribution is -2.62. The van der Waals surface area contributed by atoms with E-state index in [4.69, 9.17) is 10.1 Å². The second-order valence-electron chi connectivity index (χ2n) is 10.1. The SMILES string of the molecule is CCC1(CC)CC(=O)N(CC2C(C(=O)N[C@H]3c4ccccc4OC(C)(C)[C@H]3O)C2(F)F)C(=N)N1. The van der Waals surface area contributed by atoms with Crippen LogP contribution in [0.4, 0.5) is 8.78 Å². The van der Waals surface area contributed by atoms with Crippen LogP contribution in [-0.2, 0) is 9.59 Å². The van der Waals surface area contributed by atoms with Gasteiger partial charge < -0.3 is 20.5 Å². The van der Waals surface area contributed by atoms with Crippen molar-refractivity contribution >= 4 is 17.8 Å². The van der Waals surface area contributed by atoms with Gasteiger partial charge in [0.15, 0.2) is 5.96 Å². The number of carbonyl (C=O) groups is 2. The summed E-state index contributed by atoms with van der Waals surface area (Å²) in [5, 5.41) is 24.6. The summed E-state index contributed by atoms with van der Waals surface area (Å²) < 4.78 is 35.3. The Morgan fingerprint density at radius 1 is 1.29 bits per heavy atom. The fourth-order valence-electron chi connectivity index (χ4n) is 5.06. The topological polar surface area (TPSA) is 115 Å². The van der Waals surface area contributed by atoms with Gasteiger partial charge in [0, 0.05) is 17.6 Å². The van der Waals surface area contributed by atoms with E-state index >= 15 is 0 Å². The van der Waals surface area contributed by atoms with Crippen LogP contribution in [0, 0.1) is 17.2 Å². The highest BCUT2D eigenvalue weighted by Crippen LogP contribution is 2.56. The molecule has 2 fully saturated rings. The van der Waals surface area contributed by atoms with Crippen molar-refractivity contribution in [2.45, 2.75) is 76.2 Å². The molecule has 0 bridgehead atoms. The van der Waals surface area contributed by atoms with Crippen LogP contribution in [0.1, 0.15) is 58.6 Å². The number of nitrogens with zero attached hydrogens (tertiary/aromatic N) is 1. The van der Waals surface area contributed by atoms with Crippen molar-refractivity contribution in [3.05, 3.63) is 29.8 Å². The van der Waals surface area contributed by atoms with Gasteiger partial charge in [0.25, 0.3) is 5.92 Å². The zero-order valence-corrected chi connectivity index (χ0v) is 19.8. The molecule has 34 heavy (non-hydrogen) atoms. The largest absolute Gasteiger partial charge is 0.485 e. The van der Waals surface area contributed by atoms with Gasteiger partial charge in [-0.3, -0.25) is 19.9 Å². The summed E-state index contributed by atoms with van der Waals surface area (Å²) in [6, 6.07) is 5.92. The molecule has 186 valence electrons. The maximum Gasteiger partial charge on any atom is 0.265 e. The monoisotopic (exact) mass is 478 g/mol. The fraction of sp³-hybridized carbons (Fsp3) is 0.625. The Kier molecular flexibility index (Phi) is 5.86. The molecule has 2 heterocycles. The maximum atomic E-state index is 14.7. The molecule has 1 aromatic rings. The molecule has 8 nitrogen and oxygen atoms in total. The number of alkyl halides is 2. The zero-order valence-electron chi connectivity index (χ0n) is 19.8. The molecule has 2 unspecified atom stereocenters. The minimum absolute atomic E-state index is 0.109. The van der Waals surface area contributed by atoms with Crippen LogP contribution in [0.5, 0.6) is 5.75 Å². The second kappa shape index (κ2) is 8.18. The van der Waals surface area contributed by atoms with Gasteiger partial charge in [-0.15, -0.1) is 0 Å². The summed E-state index contributed by atoms with van der Waals surface area (Å²) in [6.07, 6.45) is 0.204. The number of fused-ring (bicyclic) bond motifs is 1. The van der Waals surface area contributed by atoms with Gasteiger partial charge >= 0.3 is 0 Å². The van der Waals surface area contributed by atoms with Crippen molar-refractivity contribution in [2.75, 3.05) is 6.54 Å². The number of aliphatic hydroxyl groups excluding tert-OH is 1.